The third kappa shape index (κ3) is 6.36. The van der Waals surface area contributed by atoms with Crippen LogP contribution in [0.1, 0.15) is 30.9 Å². The van der Waals surface area contributed by atoms with Crippen molar-refractivity contribution in [2.45, 2.75) is 32.9 Å². The van der Waals surface area contributed by atoms with Crippen LogP contribution in [0, 0.1) is 5.92 Å². The predicted octanol–water partition coefficient (Wildman–Crippen LogP) is 2.95. The summed E-state index contributed by atoms with van der Waals surface area (Å²) < 4.78 is 0. The second-order valence-corrected chi connectivity index (χ2v) is 7.58. The van der Waals surface area contributed by atoms with Crippen LogP contribution in [0.4, 0.5) is 0 Å². The van der Waals surface area contributed by atoms with E-state index in [2.05, 4.69) is 58.0 Å². The van der Waals surface area contributed by atoms with Crippen molar-refractivity contribution < 1.29 is 0 Å². The van der Waals surface area contributed by atoms with Crippen molar-refractivity contribution in [2.24, 2.45) is 10.9 Å². The van der Waals surface area contributed by atoms with Gasteiger partial charge in [-0.25, -0.2) is 0 Å². The van der Waals surface area contributed by atoms with Gasteiger partial charge in [-0.3, -0.25) is 9.89 Å². The summed E-state index contributed by atoms with van der Waals surface area (Å²) in [6.45, 7) is 7.63. The van der Waals surface area contributed by atoms with Crippen molar-refractivity contribution in [1.29, 1.82) is 0 Å². The summed E-state index contributed by atoms with van der Waals surface area (Å²) in [5.74, 6) is 2.79. The first kappa shape index (κ1) is 19.1. The summed E-state index contributed by atoms with van der Waals surface area (Å²) in [5.41, 5.74) is 2.79. The first-order valence-electron chi connectivity index (χ1n) is 8.95. The Bertz CT molecular complexity index is 518. The molecule has 2 N–H and O–H groups in total. The zero-order chi connectivity index (χ0) is 17.2. The number of likely N-dealkylation sites (tertiary alicyclic amines) is 1. The zero-order valence-corrected chi connectivity index (χ0v) is 16.2. The minimum atomic E-state index is 0.818. The number of thioether (sulfide) groups is 1. The van der Waals surface area contributed by atoms with E-state index in [1.165, 1.54) is 37.1 Å². The molecule has 1 unspecified atom stereocenters. The number of hydrogen-bond donors (Lipinski definition) is 2. The second-order valence-electron chi connectivity index (χ2n) is 6.60. The third-order valence-corrected chi connectivity index (χ3v) is 5.13. The Morgan fingerprint density at radius 1 is 1.29 bits per heavy atom. The van der Waals surface area contributed by atoms with E-state index in [1.807, 2.05) is 18.8 Å². The molecule has 0 aromatic heterocycles. The molecule has 0 radical (unpaired) electrons. The normalized spacial score (nSPS) is 19.3. The Morgan fingerprint density at radius 3 is 2.79 bits per heavy atom. The van der Waals surface area contributed by atoms with Gasteiger partial charge in [-0.1, -0.05) is 31.2 Å². The van der Waals surface area contributed by atoms with Gasteiger partial charge in [0.15, 0.2) is 5.96 Å². The quantitative estimate of drug-likeness (QED) is 0.451. The molecule has 134 valence electrons. The lowest BCUT2D eigenvalue weighted by molar-refractivity contribution is 0.176. The van der Waals surface area contributed by atoms with Crippen molar-refractivity contribution in [3.63, 3.8) is 0 Å². The van der Waals surface area contributed by atoms with Crippen molar-refractivity contribution in [3.8, 4) is 0 Å². The highest BCUT2D eigenvalue weighted by atomic mass is 32.2. The van der Waals surface area contributed by atoms with Crippen LogP contribution in [-0.4, -0.2) is 49.6 Å². The van der Waals surface area contributed by atoms with Gasteiger partial charge in [0.2, 0.25) is 0 Å². The van der Waals surface area contributed by atoms with Gasteiger partial charge in [-0.15, -0.1) is 0 Å². The average molecular weight is 349 g/mol. The third-order valence-electron chi connectivity index (χ3n) is 4.52. The Balaban J connectivity index is 1.90. The van der Waals surface area contributed by atoms with Gasteiger partial charge < -0.3 is 10.6 Å². The SMILES string of the molecule is CN=C(NCCSC)NCc1ccccc1CN1CCCC(C)C1. The number of benzene rings is 1. The standard InChI is InChI=1S/C19H32N4S/c1-16-7-6-11-23(14-16)15-18-9-5-4-8-17(18)13-22-19(20-2)21-10-12-24-3/h4-5,8-9,16H,6-7,10-15H2,1-3H3,(H2,20,21,22). The molecular formula is C19H32N4S. The molecule has 24 heavy (non-hydrogen) atoms. The Morgan fingerprint density at radius 2 is 2.08 bits per heavy atom. The Hall–Kier alpha value is -1.20. The maximum Gasteiger partial charge on any atom is 0.191 e. The molecule has 5 heteroatoms. The lowest BCUT2D eigenvalue weighted by Gasteiger charge is -2.31. The fraction of sp³-hybridized carbons (Fsp3) is 0.632. The maximum absolute atomic E-state index is 4.30. The molecule has 1 fully saturated rings. The van der Waals surface area contributed by atoms with E-state index in [-0.39, 0.29) is 0 Å². The summed E-state index contributed by atoms with van der Waals surface area (Å²) in [4.78, 5) is 6.90. The molecule has 0 saturated carbocycles. The van der Waals surface area contributed by atoms with Crippen molar-refractivity contribution >= 4 is 17.7 Å². The van der Waals surface area contributed by atoms with Crippen LogP contribution in [0.25, 0.3) is 0 Å². The van der Waals surface area contributed by atoms with Crippen molar-refractivity contribution in [3.05, 3.63) is 35.4 Å². The molecule has 0 aliphatic carbocycles. The average Bonchev–Trinajstić information content (AvgIpc) is 2.59. The van der Waals surface area contributed by atoms with Crippen molar-refractivity contribution in [2.75, 3.05) is 38.7 Å². The van der Waals surface area contributed by atoms with Crippen LogP contribution in [0.3, 0.4) is 0 Å². The van der Waals surface area contributed by atoms with Crippen LogP contribution >= 0.6 is 11.8 Å². The van der Waals surface area contributed by atoms with Gasteiger partial charge in [0.1, 0.15) is 0 Å². The molecule has 1 aromatic rings. The van der Waals surface area contributed by atoms with Gasteiger partial charge in [-0.2, -0.15) is 11.8 Å². The fourth-order valence-electron chi connectivity index (χ4n) is 3.23. The number of aliphatic imine (C=N–C) groups is 1. The van der Waals surface area contributed by atoms with E-state index < -0.39 is 0 Å². The highest BCUT2D eigenvalue weighted by Crippen LogP contribution is 2.19. The van der Waals surface area contributed by atoms with Crippen LogP contribution in [-0.2, 0) is 13.1 Å². The van der Waals surface area contributed by atoms with Gasteiger partial charge in [0, 0.05) is 39.0 Å². The molecule has 1 heterocycles. The van der Waals surface area contributed by atoms with E-state index in [1.54, 1.807) is 0 Å². The number of rotatable bonds is 7. The number of hydrogen-bond acceptors (Lipinski definition) is 3. The van der Waals surface area contributed by atoms with E-state index in [0.29, 0.717) is 0 Å². The second kappa shape index (κ2) is 10.6. The topological polar surface area (TPSA) is 39.7 Å². The number of nitrogens with zero attached hydrogens (tertiary/aromatic N) is 2. The molecule has 1 atom stereocenters. The van der Waals surface area contributed by atoms with Crippen LogP contribution in [0.5, 0.6) is 0 Å². The molecular weight excluding hydrogens is 316 g/mol. The number of guanidine groups is 1. The van der Waals surface area contributed by atoms with Crippen LogP contribution in [0.2, 0.25) is 0 Å². The van der Waals surface area contributed by atoms with E-state index >= 15 is 0 Å². The summed E-state index contributed by atoms with van der Waals surface area (Å²) in [6.07, 6.45) is 4.82. The van der Waals surface area contributed by atoms with Gasteiger partial charge in [-0.05, 0) is 42.7 Å². The lowest BCUT2D eigenvalue weighted by atomic mass is 9.99. The molecule has 0 spiro atoms. The first-order chi connectivity index (χ1) is 11.7. The molecule has 0 amide bonds. The highest BCUT2D eigenvalue weighted by molar-refractivity contribution is 7.98. The first-order valence-corrected chi connectivity index (χ1v) is 10.3. The van der Waals surface area contributed by atoms with Gasteiger partial charge in [0.25, 0.3) is 0 Å². The number of piperidine rings is 1. The van der Waals surface area contributed by atoms with Gasteiger partial charge >= 0.3 is 0 Å². The Kier molecular flexibility index (Phi) is 8.47. The van der Waals surface area contributed by atoms with Crippen LogP contribution < -0.4 is 10.6 Å². The molecule has 1 aliphatic heterocycles. The monoisotopic (exact) mass is 348 g/mol. The molecule has 1 aliphatic rings. The zero-order valence-electron chi connectivity index (χ0n) is 15.3. The Labute approximate surface area is 151 Å². The number of nitrogens with one attached hydrogen (secondary N) is 2. The highest BCUT2D eigenvalue weighted by Gasteiger charge is 2.17. The van der Waals surface area contributed by atoms with Crippen molar-refractivity contribution in [1.82, 2.24) is 15.5 Å². The van der Waals surface area contributed by atoms with Gasteiger partial charge in [0.05, 0.1) is 0 Å². The summed E-state index contributed by atoms with van der Waals surface area (Å²) >= 11 is 1.84. The van der Waals surface area contributed by atoms with E-state index in [4.69, 9.17) is 0 Å². The molecule has 0 bridgehead atoms. The maximum atomic E-state index is 4.30. The summed E-state index contributed by atoms with van der Waals surface area (Å²) in [5, 5.41) is 6.80. The predicted molar refractivity (Wildman–Crippen MR) is 107 cm³/mol. The largest absolute Gasteiger partial charge is 0.356 e. The molecule has 1 saturated heterocycles. The molecule has 4 nitrogen and oxygen atoms in total. The minimum absolute atomic E-state index is 0.818. The summed E-state index contributed by atoms with van der Waals surface area (Å²) in [7, 11) is 1.83. The lowest BCUT2D eigenvalue weighted by Crippen LogP contribution is -2.38. The smallest absolute Gasteiger partial charge is 0.191 e. The molecule has 1 aromatic carbocycles. The molecule has 2 rings (SSSR count). The van der Waals surface area contributed by atoms with E-state index in [9.17, 15) is 0 Å². The van der Waals surface area contributed by atoms with Crippen LogP contribution in [0.15, 0.2) is 29.3 Å². The summed E-state index contributed by atoms with van der Waals surface area (Å²) in [6, 6.07) is 8.77. The minimum Gasteiger partial charge on any atom is -0.356 e. The van der Waals surface area contributed by atoms with E-state index in [0.717, 1.165) is 37.3 Å². The fourth-order valence-corrected chi connectivity index (χ4v) is 3.53.